The highest BCUT2D eigenvalue weighted by atomic mass is 15.0. The smallest absolute Gasteiger partial charge is 0.0547 e. The minimum Gasteiger partial charge on any atom is -0.309 e. The molecule has 62 heavy (non-hydrogen) atoms. The molecule has 0 aliphatic heterocycles. The Labute approximate surface area is 360 Å². The molecule has 0 N–H and O–H groups in total. The van der Waals surface area contributed by atoms with Gasteiger partial charge in [0.1, 0.15) is 0 Å². The summed E-state index contributed by atoms with van der Waals surface area (Å²) < 4.78 is 4.77. The van der Waals surface area contributed by atoms with E-state index in [9.17, 15) is 0 Å². The van der Waals surface area contributed by atoms with Gasteiger partial charge >= 0.3 is 0 Å². The van der Waals surface area contributed by atoms with Gasteiger partial charge in [-0.15, -0.1) is 0 Å². The molecule has 0 atom stereocenters. The van der Waals surface area contributed by atoms with Crippen LogP contribution in [-0.2, 0) is 0 Å². The molecule has 0 amide bonds. The molecule has 2 heteroatoms. The zero-order valence-electron chi connectivity index (χ0n) is 34.0. The maximum atomic E-state index is 2.38. The third-order valence-corrected chi connectivity index (χ3v) is 12.5. The molecule has 2 heterocycles. The van der Waals surface area contributed by atoms with Crippen LogP contribution >= 0.6 is 0 Å². The molecule has 2 nitrogen and oxygen atoms in total. The highest BCUT2D eigenvalue weighted by molar-refractivity contribution is 6.17. The SMILES string of the molecule is c1ccc(-n2c3ccccc3c3c(-c4cccc(-c5ccc(-c6ccc(-c7cccc(-c8cccc9c8c8ccccc8n9-c8ccccc8)c7)cc6)cc5)c4)cccc32)cc1. The summed E-state index contributed by atoms with van der Waals surface area (Å²) in [5, 5.41) is 5.08. The molecule has 12 rings (SSSR count). The van der Waals surface area contributed by atoms with Crippen molar-refractivity contribution in [1.82, 2.24) is 9.13 Å². The van der Waals surface area contributed by atoms with E-state index in [1.165, 1.54) is 111 Å². The minimum absolute atomic E-state index is 1.17. The molecular formula is C60H40N2. The molecule has 0 unspecified atom stereocenters. The maximum absolute atomic E-state index is 2.38. The summed E-state index contributed by atoms with van der Waals surface area (Å²) in [5.74, 6) is 0. The summed E-state index contributed by atoms with van der Waals surface area (Å²) in [6.07, 6.45) is 0. The summed E-state index contributed by atoms with van der Waals surface area (Å²) in [6, 6.07) is 88.2. The van der Waals surface area contributed by atoms with Gasteiger partial charge in [-0.3, -0.25) is 0 Å². The third kappa shape index (κ3) is 5.96. The van der Waals surface area contributed by atoms with Crippen LogP contribution in [0, 0.1) is 0 Å². The van der Waals surface area contributed by atoms with E-state index in [1.807, 2.05) is 0 Å². The monoisotopic (exact) mass is 788 g/mol. The van der Waals surface area contributed by atoms with Gasteiger partial charge in [0.15, 0.2) is 0 Å². The number of aromatic nitrogens is 2. The van der Waals surface area contributed by atoms with Gasteiger partial charge in [-0.2, -0.15) is 0 Å². The fourth-order valence-electron chi connectivity index (χ4n) is 9.67. The Morgan fingerprint density at radius 1 is 0.210 bits per heavy atom. The van der Waals surface area contributed by atoms with Gasteiger partial charge in [-0.25, -0.2) is 0 Å². The van der Waals surface area contributed by atoms with Crippen molar-refractivity contribution in [3.05, 3.63) is 243 Å². The van der Waals surface area contributed by atoms with Gasteiger partial charge in [0.25, 0.3) is 0 Å². The molecule has 0 saturated carbocycles. The van der Waals surface area contributed by atoms with Gasteiger partial charge < -0.3 is 9.13 Å². The van der Waals surface area contributed by atoms with Crippen molar-refractivity contribution in [3.8, 4) is 67.0 Å². The molecule has 0 aliphatic carbocycles. The maximum Gasteiger partial charge on any atom is 0.0547 e. The van der Waals surface area contributed by atoms with Gasteiger partial charge in [0.2, 0.25) is 0 Å². The normalized spacial score (nSPS) is 11.5. The molecule has 10 aromatic carbocycles. The number of fused-ring (bicyclic) bond motifs is 6. The number of benzene rings is 10. The first-order valence-electron chi connectivity index (χ1n) is 21.3. The van der Waals surface area contributed by atoms with Crippen molar-refractivity contribution >= 4 is 43.6 Å². The number of para-hydroxylation sites is 4. The average molecular weight is 789 g/mol. The van der Waals surface area contributed by atoms with Gasteiger partial charge in [-0.05, 0) is 116 Å². The summed E-state index contributed by atoms with van der Waals surface area (Å²) in [6.45, 7) is 0. The van der Waals surface area contributed by atoms with Crippen LogP contribution in [0.5, 0.6) is 0 Å². The van der Waals surface area contributed by atoms with E-state index in [1.54, 1.807) is 0 Å². The molecular weight excluding hydrogens is 749 g/mol. The Balaban J connectivity index is 0.842. The average Bonchev–Trinajstić information content (AvgIpc) is 3.88. The fraction of sp³-hybridized carbons (Fsp3) is 0. The van der Waals surface area contributed by atoms with E-state index in [0.717, 1.165) is 0 Å². The van der Waals surface area contributed by atoms with Crippen molar-refractivity contribution in [1.29, 1.82) is 0 Å². The van der Waals surface area contributed by atoms with E-state index >= 15 is 0 Å². The lowest BCUT2D eigenvalue weighted by atomic mass is 9.94. The Morgan fingerprint density at radius 2 is 0.532 bits per heavy atom. The molecule has 290 valence electrons. The standard InChI is InChI=1S/C60H40N2/c1-3-19-49(20-4-1)61-55-27-9-7-23-53(55)59-51(25-13-29-57(59)61)47-17-11-15-45(39-47)43-35-31-41(32-36-43)42-33-37-44(38-34-42)46-16-12-18-48(40-46)52-26-14-30-58-60(52)54-24-8-10-28-56(54)62(58)50-21-5-2-6-22-50/h1-40H. The Hall–Kier alpha value is -8.20. The molecule has 12 aromatic rings. The summed E-state index contributed by atoms with van der Waals surface area (Å²) in [7, 11) is 0. The molecule has 0 aliphatic rings. The first kappa shape index (κ1) is 35.7. The predicted octanol–water partition coefficient (Wildman–Crippen LogP) is 16.2. The van der Waals surface area contributed by atoms with Crippen molar-refractivity contribution in [2.24, 2.45) is 0 Å². The summed E-state index contributed by atoms with van der Waals surface area (Å²) >= 11 is 0. The van der Waals surface area contributed by atoms with Crippen LogP contribution in [0.25, 0.3) is 111 Å². The first-order valence-corrected chi connectivity index (χ1v) is 21.3. The van der Waals surface area contributed by atoms with Crippen LogP contribution in [0.15, 0.2) is 243 Å². The fourth-order valence-corrected chi connectivity index (χ4v) is 9.67. The van der Waals surface area contributed by atoms with E-state index in [4.69, 9.17) is 0 Å². The Bertz CT molecular complexity index is 3350. The third-order valence-electron chi connectivity index (χ3n) is 12.5. The summed E-state index contributed by atoms with van der Waals surface area (Å²) in [5.41, 5.74) is 19.3. The number of nitrogens with zero attached hydrogens (tertiary/aromatic N) is 2. The Kier molecular flexibility index (Phi) is 8.53. The summed E-state index contributed by atoms with van der Waals surface area (Å²) in [4.78, 5) is 0. The number of hydrogen-bond donors (Lipinski definition) is 0. The molecule has 0 fully saturated rings. The van der Waals surface area contributed by atoms with E-state index in [2.05, 4.69) is 252 Å². The van der Waals surface area contributed by atoms with E-state index in [-0.39, 0.29) is 0 Å². The van der Waals surface area contributed by atoms with Crippen molar-refractivity contribution in [2.45, 2.75) is 0 Å². The van der Waals surface area contributed by atoms with Crippen LogP contribution in [-0.4, -0.2) is 9.13 Å². The molecule has 0 spiro atoms. The Morgan fingerprint density at radius 3 is 0.952 bits per heavy atom. The second kappa shape index (κ2) is 14.8. The highest BCUT2D eigenvalue weighted by Crippen LogP contribution is 2.41. The first-order chi connectivity index (χ1) is 30.8. The van der Waals surface area contributed by atoms with Gasteiger partial charge in [0.05, 0.1) is 22.1 Å². The van der Waals surface area contributed by atoms with Gasteiger partial charge in [0, 0.05) is 32.9 Å². The molecule has 2 aromatic heterocycles. The van der Waals surface area contributed by atoms with Crippen LogP contribution < -0.4 is 0 Å². The molecule has 0 bridgehead atoms. The second-order valence-electron chi connectivity index (χ2n) is 16.1. The quantitative estimate of drug-likeness (QED) is 0.152. The lowest BCUT2D eigenvalue weighted by molar-refractivity contribution is 1.18. The highest BCUT2D eigenvalue weighted by Gasteiger charge is 2.18. The predicted molar refractivity (Wildman–Crippen MR) is 262 cm³/mol. The van der Waals surface area contributed by atoms with Crippen LogP contribution in [0.2, 0.25) is 0 Å². The zero-order chi connectivity index (χ0) is 41.0. The van der Waals surface area contributed by atoms with Crippen LogP contribution in [0.4, 0.5) is 0 Å². The molecule has 0 radical (unpaired) electrons. The van der Waals surface area contributed by atoms with Crippen molar-refractivity contribution < 1.29 is 0 Å². The van der Waals surface area contributed by atoms with Crippen molar-refractivity contribution in [3.63, 3.8) is 0 Å². The lowest BCUT2D eigenvalue weighted by Gasteiger charge is -2.11. The van der Waals surface area contributed by atoms with Crippen molar-refractivity contribution in [2.75, 3.05) is 0 Å². The largest absolute Gasteiger partial charge is 0.309 e. The minimum atomic E-state index is 1.17. The van der Waals surface area contributed by atoms with Crippen LogP contribution in [0.1, 0.15) is 0 Å². The van der Waals surface area contributed by atoms with Gasteiger partial charge in [-0.1, -0.05) is 182 Å². The van der Waals surface area contributed by atoms with E-state index in [0.29, 0.717) is 0 Å². The second-order valence-corrected chi connectivity index (χ2v) is 16.1. The zero-order valence-corrected chi connectivity index (χ0v) is 34.0. The van der Waals surface area contributed by atoms with E-state index < -0.39 is 0 Å². The van der Waals surface area contributed by atoms with Crippen LogP contribution in [0.3, 0.4) is 0 Å². The topological polar surface area (TPSA) is 9.86 Å². The number of hydrogen-bond acceptors (Lipinski definition) is 0. The lowest BCUT2D eigenvalue weighted by Crippen LogP contribution is -1.92. The molecule has 0 saturated heterocycles. The number of rotatable bonds is 7.